The largest absolute Gasteiger partial charge is 0.347 e. The van der Waals surface area contributed by atoms with Gasteiger partial charge in [-0.3, -0.25) is 9.48 Å². The quantitative estimate of drug-likeness (QED) is 0.592. The SMILES string of the molecule is CC(C(=O)NCc1nnc2ccc(-c3cccs3)nn12)n1cccn1. The molecule has 0 aromatic carbocycles. The number of aromatic nitrogens is 6. The van der Waals surface area contributed by atoms with Crippen molar-refractivity contribution in [3.05, 3.63) is 53.9 Å². The van der Waals surface area contributed by atoms with Gasteiger partial charge in [-0.15, -0.1) is 21.5 Å². The number of nitrogens with one attached hydrogen (secondary N) is 1. The summed E-state index contributed by atoms with van der Waals surface area (Å²) in [6, 6.07) is 9.16. The third kappa shape index (κ3) is 3.01. The Labute approximate surface area is 147 Å². The third-order valence-corrected chi connectivity index (χ3v) is 4.72. The molecule has 1 unspecified atom stereocenters. The van der Waals surface area contributed by atoms with E-state index in [2.05, 4.69) is 25.7 Å². The molecule has 8 nitrogen and oxygen atoms in total. The van der Waals surface area contributed by atoms with E-state index in [0.29, 0.717) is 11.5 Å². The first-order valence-corrected chi connectivity index (χ1v) is 8.62. The van der Waals surface area contributed by atoms with Gasteiger partial charge in [-0.2, -0.15) is 14.7 Å². The normalized spacial score (nSPS) is 12.4. The Kier molecular flexibility index (Phi) is 3.98. The van der Waals surface area contributed by atoms with Gasteiger partial charge in [0.2, 0.25) is 5.91 Å². The Morgan fingerprint density at radius 2 is 2.20 bits per heavy atom. The van der Waals surface area contributed by atoms with Gasteiger partial charge in [0.1, 0.15) is 11.7 Å². The van der Waals surface area contributed by atoms with Gasteiger partial charge >= 0.3 is 0 Å². The summed E-state index contributed by atoms with van der Waals surface area (Å²) < 4.78 is 3.26. The van der Waals surface area contributed by atoms with Crippen molar-refractivity contribution in [2.24, 2.45) is 0 Å². The fourth-order valence-corrected chi connectivity index (χ4v) is 3.13. The maximum atomic E-state index is 12.3. The molecule has 0 fully saturated rings. The molecule has 9 heteroatoms. The van der Waals surface area contributed by atoms with Gasteiger partial charge in [0, 0.05) is 12.4 Å². The zero-order valence-corrected chi connectivity index (χ0v) is 14.2. The topological polar surface area (TPSA) is 90.0 Å². The van der Waals surface area contributed by atoms with Crippen LogP contribution in [0, 0.1) is 0 Å². The molecule has 0 spiro atoms. The molecule has 0 bridgehead atoms. The number of carbonyl (C=O) groups is 1. The van der Waals surface area contributed by atoms with E-state index < -0.39 is 6.04 Å². The first-order valence-electron chi connectivity index (χ1n) is 7.74. The lowest BCUT2D eigenvalue weighted by Crippen LogP contribution is -2.31. The number of thiophene rings is 1. The summed E-state index contributed by atoms with van der Waals surface area (Å²) in [5, 5.41) is 21.8. The number of fused-ring (bicyclic) bond motifs is 1. The maximum Gasteiger partial charge on any atom is 0.244 e. The number of hydrogen-bond donors (Lipinski definition) is 1. The molecule has 4 aromatic heterocycles. The minimum Gasteiger partial charge on any atom is -0.347 e. The molecule has 0 aliphatic carbocycles. The average molecular weight is 353 g/mol. The minimum absolute atomic E-state index is 0.144. The number of rotatable bonds is 5. The van der Waals surface area contributed by atoms with Crippen LogP contribution in [-0.4, -0.2) is 35.5 Å². The summed E-state index contributed by atoms with van der Waals surface area (Å²) in [5.74, 6) is 0.435. The van der Waals surface area contributed by atoms with Crippen LogP contribution in [0.5, 0.6) is 0 Å². The zero-order valence-electron chi connectivity index (χ0n) is 13.4. The van der Waals surface area contributed by atoms with Crippen molar-refractivity contribution in [1.82, 2.24) is 34.9 Å². The summed E-state index contributed by atoms with van der Waals surface area (Å²) in [6.07, 6.45) is 3.40. The fraction of sp³-hybridized carbons (Fsp3) is 0.188. The van der Waals surface area contributed by atoms with E-state index in [1.165, 1.54) is 0 Å². The van der Waals surface area contributed by atoms with E-state index in [1.54, 1.807) is 45.9 Å². The second kappa shape index (κ2) is 6.44. The molecule has 0 aliphatic rings. The minimum atomic E-state index is -0.399. The first kappa shape index (κ1) is 15.5. The summed E-state index contributed by atoms with van der Waals surface area (Å²) >= 11 is 1.62. The maximum absolute atomic E-state index is 12.3. The highest BCUT2D eigenvalue weighted by atomic mass is 32.1. The van der Waals surface area contributed by atoms with E-state index in [1.807, 2.05) is 29.6 Å². The summed E-state index contributed by atoms with van der Waals surface area (Å²) in [7, 11) is 0. The van der Waals surface area contributed by atoms with Crippen LogP contribution in [0.4, 0.5) is 0 Å². The predicted octanol–water partition coefficient (Wildman–Crippen LogP) is 1.93. The first-order chi connectivity index (χ1) is 12.2. The molecule has 4 heterocycles. The average Bonchev–Trinajstić information content (AvgIpc) is 3.40. The van der Waals surface area contributed by atoms with Gasteiger partial charge in [0.05, 0.1) is 11.4 Å². The number of hydrogen-bond acceptors (Lipinski definition) is 6. The van der Waals surface area contributed by atoms with E-state index in [-0.39, 0.29) is 12.5 Å². The van der Waals surface area contributed by atoms with Gasteiger partial charge in [-0.05, 0) is 36.6 Å². The van der Waals surface area contributed by atoms with E-state index >= 15 is 0 Å². The lowest BCUT2D eigenvalue weighted by atomic mass is 10.3. The molecule has 4 aromatic rings. The van der Waals surface area contributed by atoms with Crippen LogP contribution in [-0.2, 0) is 11.3 Å². The van der Waals surface area contributed by atoms with Gasteiger partial charge in [-0.25, -0.2) is 0 Å². The van der Waals surface area contributed by atoms with Crippen LogP contribution in [0.3, 0.4) is 0 Å². The van der Waals surface area contributed by atoms with Crippen LogP contribution < -0.4 is 5.32 Å². The van der Waals surface area contributed by atoms with Crippen LogP contribution in [0.15, 0.2) is 48.1 Å². The van der Waals surface area contributed by atoms with Crippen molar-refractivity contribution >= 4 is 22.9 Å². The number of carbonyl (C=O) groups excluding carboxylic acids is 1. The van der Waals surface area contributed by atoms with Crippen molar-refractivity contribution < 1.29 is 4.79 Å². The smallest absolute Gasteiger partial charge is 0.244 e. The number of nitrogens with zero attached hydrogens (tertiary/aromatic N) is 6. The third-order valence-electron chi connectivity index (χ3n) is 3.82. The Morgan fingerprint density at radius 1 is 1.28 bits per heavy atom. The highest BCUT2D eigenvalue weighted by molar-refractivity contribution is 7.13. The standard InChI is InChI=1S/C16H15N7OS/c1-11(22-8-3-7-18-22)16(24)17-10-15-20-19-14-6-5-12(21-23(14)15)13-4-2-9-25-13/h2-9,11H,10H2,1H3,(H,17,24). The summed E-state index contributed by atoms with van der Waals surface area (Å²) in [5.41, 5.74) is 1.49. The molecule has 0 radical (unpaired) electrons. The van der Waals surface area contributed by atoms with Gasteiger partial charge in [0.15, 0.2) is 11.5 Å². The monoisotopic (exact) mass is 353 g/mol. The van der Waals surface area contributed by atoms with Gasteiger partial charge in [-0.1, -0.05) is 6.07 Å². The fourth-order valence-electron chi connectivity index (χ4n) is 2.44. The van der Waals surface area contributed by atoms with E-state index in [0.717, 1.165) is 10.6 Å². The second-order valence-electron chi connectivity index (χ2n) is 5.46. The Bertz CT molecular complexity index is 991. The predicted molar refractivity (Wildman–Crippen MR) is 92.9 cm³/mol. The molecule has 126 valence electrons. The zero-order chi connectivity index (χ0) is 17.2. The second-order valence-corrected chi connectivity index (χ2v) is 6.41. The molecule has 0 saturated carbocycles. The molecule has 1 N–H and O–H groups in total. The molecule has 1 amide bonds. The lowest BCUT2D eigenvalue weighted by molar-refractivity contribution is -0.124. The van der Waals surface area contributed by atoms with Crippen LogP contribution in [0.1, 0.15) is 18.8 Å². The highest BCUT2D eigenvalue weighted by Gasteiger charge is 2.16. The summed E-state index contributed by atoms with van der Waals surface area (Å²) in [6.45, 7) is 2.03. The lowest BCUT2D eigenvalue weighted by Gasteiger charge is -2.11. The van der Waals surface area contributed by atoms with E-state index in [4.69, 9.17) is 0 Å². The Balaban J connectivity index is 1.53. The molecule has 25 heavy (non-hydrogen) atoms. The Hall–Kier alpha value is -3.07. The molecular formula is C16H15N7OS. The van der Waals surface area contributed by atoms with Crippen molar-refractivity contribution in [2.75, 3.05) is 0 Å². The van der Waals surface area contributed by atoms with Crippen LogP contribution in [0.2, 0.25) is 0 Å². The van der Waals surface area contributed by atoms with Gasteiger partial charge < -0.3 is 5.32 Å². The van der Waals surface area contributed by atoms with Gasteiger partial charge in [0.25, 0.3) is 0 Å². The summed E-state index contributed by atoms with van der Waals surface area (Å²) in [4.78, 5) is 13.3. The van der Waals surface area contributed by atoms with Crippen molar-refractivity contribution in [1.29, 1.82) is 0 Å². The van der Waals surface area contributed by atoms with Crippen LogP contribution >= 0.6 is 11.3 Å². The van der Waals surface area contributed by atoms with Crippen LogP contribution in [0.25, 0.3) is 16.2 Å². The molecule has 0 saturated heterocycles. The highest BCUT2D eigenvalue weighted by Crippen LogP contribution is 2.22. The molecule has 0 aliphatic heterocycles. The van der Waals surface area contributed by atoms with Crippen molar-refractivity contribution in [2.45, 2.75) is 19.5 Å². The van der Waals surface area contributed by atoms with Crippen molar-refractivity contribution in [3.8, 4) is 10.6 Å². The van der Waals surface area contributed by atoms with E-state index in [9.17, 15) is 4.79 Å². The van der Waals surface area contributed by atoms with Crippen molar-refractivity contribution in [3.63, 3.8) is 0 Å². The number of amides is 1. The molecule has 1 atom stereocenters. The Morgan fingerprint density at radius 3 is 2.96 bits per heavy atom. The molecule has 4 rings (SSSR count). The molecular weight excluding hydrogens is 338 g/mol.